The Balaban J connectivity index is 2.37. The van der Waals surface area contributed by atoms with Gasteiger partial charge < -0.3 is 4.74 Å². The van der Waals surface area contributed by atoms with Gasteiger partial charge in [0.2, 0.25) is 0 Å². The molecule has 0 aliphatic heterocycles. The minimum Gasteiger partial charge on any atom is -0.426 e. The second-order valence-corrected chi connectivity index (χ2v) is 3.82. The highest BCUT2D eigenvalue weighted by atomic mass is 35.5. The van der Waals surface area contributed by atoms with E-state index >= 15 is 0 Å². The van der Waals surface area contributed by atoms with Crippen LogP contribution in [0.3, 0.4) is 0 Å². The Morgan fingerprint density at radius 3 is 2.87 bits per heavy atom. The van der Waals surface area contributed by atoms with E-state index in [9.17, 15) is 4.79 Å². The first-order valence-corrected chi connectivity index (χ1v) is 5.56. The molecule has 1 aromatic carbocycles. The number of unbranched alkanes of at least 4 members (excludes halogenated alkanes) is 2. The summed E-state index contributed by atoms with van der Waals surface area (Å²) in [6.45, 7) is 2.10. The standard InChI is InChI=1S/C12H15ClO2/c1-2-3-4-8-12(14)15-11-7-5-6-10(13)9-11/h5-7,9H,2-4,8H2,1H3. The number of carbonyl (C=O) groups excluding carboxylic acids is 1. The van der Waals surface area contributed by atoms with Crippen LogP contribution >= 0.6 is 11.6 Å². The molecule has 0 bridgehead atoms. The number of halogens is 1. The van der Waals surface area contributed by atoms with Crippen LogP contribution in [-0.2, 0) is 4.79 Å². The molecule has 0 aromatic heterocycles. The average Bonchev–Trinajstić information content (AvgIpc) is 2.18. The summed E-state index contributed by atoms with van der Waals surface area (Å²) >= 11 is 5.76. The minimum atomic E-state index is -0.189. The zero-order valence-corrected chi connectivity index (χ0v) is 9.59. The molecule has 0 heterocycles. The van der Waals surface area contributed by atoms with Crippen LogP contribution in [-0.4, -0.2) is 5.97 Å². The van der Waals surface area contributed by atoms with Gasteiger partial charge in [0.1, 0.15) is 5.75 Å². The van der Waals surface area contributed by atoms with E-state index in [-0.39, 0.29) is 5.97 Å². The highest BCUT2D eigenvalue weighted by molar-refractivity contribution is 6.30. The fraction of sp³-hybridized carbons (Fsp3) is 0.417. The van der Waals surface area contributed by atoms with Crippen molar-refractivity contribution in [2.75, 3.05) is 0 Å². The zero-order valence-electron chi connectivity index (χ0n) is 8.83. The van der Waals surface area contributed by atoms with Crippen LogP contribution in [0.1, 0.15) is 32.6 Å². The Kier molecular flexibility index (Phi) is 5.19. The van der Waals surface area contributed by atoms with Gasteiger partial charge in [-0.3, -0.25) is 4.79 Å². The predicted molar refractivity (Wildman–Crippen MR) is 61.2 cm³/mol. The Morgan fingerprint density at radius 2 is 2.20 bits per heavy atom. The van der Waals surface area contributed by atoms with Gasteiger partial charge in [-0.25, -0.2) is 0 Å². The van der Waals surface area contributed by atoms with Crippen molar-refractivity contribution < 1.29 is 9.53 Å². The quantitative estimate of drug-likeness (QED) is 0.433. The third kappa shape index (κ3) is 4.84. The number of benzene rings is 1. The van der Waals surface area contributed by atoms with E-state index in [1.807, 2.05) is 0 Å². The second-order valence-electron chi connectivity index (χ2n) is 3.39. The molecular formula is C12H15ClO2. The van der Waals surface area contributed by atoms with Crippen molar-refractivity contribution in [3.63, 3.8) is 0 Å². The first kappa shape index (κ1) is 12.1. The summed E-state index contributed by atoms with van der Waals surface area (Å²) in [5, 5.41) is 0.578. The van der Waals surface area contributed by atoms with E-state index in [4.69, 9.17) is 16.3 Å². The summed E-state index contributed by atoms with van der Waals surface area (Å²) in [5.41, 5.74) is 0. The number of rotatable bonds is 5. The Morgan fingerprint density at radius 1 is 1.40 bits per heavy atom. The van der Waals surface area contributed by atoms with E-state index in [0.29, 0.717) is 17.2 Å². The zero-order chi connectivity index (χ0) is 11.1. The molecule has 0 atom stereocenters. The van der Waals surface area contributed by atoms with Crippen molar-refractivity contribution in [3.05, 3.63) is 29.3 Å². The summed E-state index contributed by atoms with van der Waals surface area (Å²) in [5.74, 6) is 0.328. The molecule has 0 saturated heterocycles. The van der Waals surface area contributed by atoms with Gasteiger partial charge in [0.05, 0.1) is 0 Å². The first-order valence-electron chi connectivity index (χ1n) is 5.18. The van der Waals surface area contributed by atoms with Gasteiger partial charge in [0.15, 0.2) is 0 Å². The van der Waals surface area contributed by atoms with Crippen LogP contribution in [0.25, 0.3) is 0 Å². The topological polar surface area (TPSA) is 26.3 Å². The lowest BCUT2D eigenvalue weighted by molar-refractivity contribution is -0.134. The van der Waals surface area contributed by atoms with Crippen LogP contribution in [0.15, 0.2) is 24.3 Å². The van der Waals surface area contributed by atoms with Crippen molar-refractivity contribution in [3.8, 4) is 5.75 Å². The van der Waals surface area contributed by atoms with Crippen molar-refractivity contribution in [1.82, 2.24) is 0 Å². The van der Waals surface area contributed by atoms with Gasteiger partial charge in [-0.05, 0) is 24.6 Å². The molecule has 0 fully saturated rings. The summed E-state index contributed by atoms with van der Waals surface area (Å²) < 4.78 is 5.12. The fourth-order valence-corrected chi connectivity index (χ4v) is 1.41. The highest BCUT2D eigenvalue weighted by Crippen LogP contribution is 2.17. The largest absolute Gasteiger partial charge is 0.426 e. The van der Waals surface area contributed by atoms with Gasteiger partial charge in [-0.1, -0.05) is 37.4 Å². The van der Waals surface area contributed by atoms with E-state index < -0.39 is 0 Å². The summed E-state index contributed by atoms with van der Waals surface area (Å²) in [6, 6.07) is 6.87. The van der Waals surface area contributed by atoms with Crippen LogP contribution < -0.4 is 4.74 Å². The van der Waals surface area contributed by atoms with Gasteiger partial charge >= 0.3 is 5.97 Å². The SMILES string of the molecule is CCCCCC(=O)Oc1cccc(Cl)c1. The molecule has 82 valence electrons. The third-order valence-electron chi connectivity index (χ3n) is 2.01. The van der Waals surface area contributed by atoms with E-state index in [2.05, 4.69) is 6.92 Å². The van der Waals surface area contributed by atoms with Crippen molar-refractivity contribution in [2.24, 2.45) is 0 Å². The Labute approximate surface area is 95.2 Å². The molecule has 0 aliphatic carbocycles. The molecule has 1 aromatic rings. The molecule has 0 amide bonds. The number of ether oxygens (including phenoxy) is 1. The molecule has 0 unspecified atom stereocenters. The molecule has 0 radical (unpaired) electrons. The van der Waals surface area contributed by atoms with Crippen molar-refractivity contribution in [1.29, 1.82) is 0 Å². The van der Waals surface area contributed by atoms with E-state index in [1.54, 1.807) is 24.3 Å². The smallest absolute Gasteiger partial charge is 0.311 e. The minimum absolute atomic E-state index is 0.189. The monoisotopic (exact) mass is 226 g/mol. The summed E-state index contributed by atoms with van der Waals surface area (Å²) in [4.78, 5) is 11.3. The number of hydrogen-bond acceptors (Lipinski definition) is 2. The Bertz CT molecular complexity index is 323. The lowest BCUT2D eigenvalue weighted by Crippen LogP contribution is -2.07. The average molecular weight is 227 g/mol. The van der Waals surface area contributed by atoms with Crippen molar-refractivity contribution >= 4 is 17.6 Å². The first-order chi connectivity index (χ1) is 7.22. The molecule has 15 heavy (non-hydrogen) atoms. The van der Waals surface area contributed by atoms with Gasteiger partial charge in [0.25, 0.3) is 0 Å². The van der Waals surface area contributed by atoms with Gasteiger partial charge in [0, 0.05) is 11.4 Å². The van der Waals surface area contributed by atoms with Crippen LogP contribution in [0, 0.1) is 0 Å². The molecule has 0 spiro atoms. The maximum absolute atomic E-state index is 11.3. The maximum atomic E-state index is 11.3. The molecule has 0 saturated carbocycles. The van der Waals surface area contributed by atoms with Gasteiger partial charge in [-0.2, -0.15) is 0 Å². The van der Waals surface area contributed by atoms with Crippen LogP contribution in [0.5, 0.6) is 5.75 Å². The molecular weight excluding hydrogens is 212 g/mol. The van der Waals surface area contributed by atoms with E-state index in [0.717, 1.165) is 19.3 Å². The molecule has 1 rings (SSSR count). The summed E-state index contributed by atoms with van der Waals surface area (Å²) in [7, 11) is 0. The Hall–Kier alpha value is -1.02. The number of carbonyl (C=O) groups is 1. The van der Waals surface area contributed by atoms with Crippen molar-refractivity contribution in [2.45, 2.75) is 32.6 Å². The fourth-order valence-electron chi connectivity index (χ4n) is 1.23. The normalized spacial score (nSPS) is 10.0. The molecule has 3 heteroatoms. The second kappa shape index (κ2) is 6.46. The maximum Gasteiger partial charge on any atom is 0.311 e. The molecule has 0 aliphatic rings. The van der Waals surface area contributed by atoms with Crippen LogP contribution in [0.2, 0.25) is 5.02 Å². The number of esters is 1. The number of hydrogen-bond donors (Lipinski definition) is 0. The lowest BCUT2D eigenvalue weighted by Gasteiger charge is -2.03. The van der Waals surface area contributed by atoms with E-state index in [1.165, 1.54) is 0 Å². The van der Waals surface area contributed by atoms with Gasteiger partial charge in [-0.15, -0.1) is 0 Å². The summed E-state index contributed by atoms with van der Waals surface area (Å²) in [6.07, 6.45) is 3.52. The molecule has 2 nitrogen and oxygen atoms in total. The predicted octanol–water partition coefficient (Wildman–Crippen LogP) is 3.83. The highest BCUT2D eigenvalue weighted by Gasteiger charge is 2.04. The lowest BCUT2D eigenvalue weighted by atomic mass is 10.2. The third-order valence-corrected chi connectivity index (χ3v) is 2.25. The van der Waals surface area contributed by atoms with Crippen LogP contribution in [0.4, 0.5) is 0 Å². The molecule has 0 N–H and O–H groups in total.